The number of amides is 2. The number of rotatable bonds is 3. The number of carbonyl (C=O) groups is 2. The van der Waals surface area contributed by atoms with Gasteiger partial charge in [-0.3, -0.25) is 14.5 Å². The lowest BCUT2D eigenvalue weighted by Crippen LogP contribution is -2.53. The molecule has 0 spiro atoms. The van der Waals surface area contributed by atoms with Gasteiger partial charge in [-0.25, -0.2) is 4.98 Å². The van der Waals surface area contributed by atoms with E-state index in [2.05, 4.69) is 9.88 Å². The minimum Gasteiger partial charge on any atom is -0.481 e. The van der Waals surface area contributed by atoms with Crippen LogP contribution in [0.4, 0.5) is 0 Å². The van der Waals surface area contributed by atoms with Crippen LogP contribution in [0.15, 0.2) is 18.2 Å². The first-order valence-electron chi connectivity index (χ1n) is 8.22. The number of methoxy groups -OCH3 is 1. The van der Waals surface area contributed by atoms with E-state index in [0.29, 0.717) is 19.0 Å². The van der Waals surface area contributed by atoms with Crippen molar-refractivity contribution in [1.82, 2.24) is 19.7 Å². The molecule has 0 aliphatic carbocycles. The average Bonchev–Trinajstić information content (AvgIpc) is 2.67. The van der Waals surface area contributed by atoms with Crippen LogP contribution < -0.4 is 4.74 Å². The highest BCUT2D eigenvalue weighted by molar-refractivity contribution is 5.89. The Kier molecular flexibility index (Phi) is 4.71. The number of pyridine rings is 1. The number of carbonyl (C=O) groups excluding carboxylic acids is 2. The Labute approximate surface area is 142 Å². The van der Waals surface area contributed by atoms with Gasteiger partial charge in [-0.15, -0.1) is 0 Å². The lowest BCUT2D eigenvalue weighted by atomic mass is 9.89. The predicted molar refractivity (Wildman–Crippen MR) is 88.4 cm³/mol. The number of hydrogen-bond acceptors (Lipinski definition) is 5. The third-order valence-electron chi connectivity index (χ3n) is 5.00. The zero-order valence-corrected chi connectivity index (χ0v) is 14.4. The highest BCUT2D eigenvalue weighted by Crippen LogP contribution is 2.27. The van der Waals surface area contributed by atoms with E-state index < -0.39 is 0 Å². The van der Waals surface area contributed by atoms with Gasteiger partial charge in [0.2, 0.25) is 17.7 Å². The molecule has 2 aliphatic rings. The van der Waals surface area contributed by atoms with E-state index >= 15 is 0 Å². The molecule has 1 aromatic heterocycles. The van der Waals surface area contributed by atoms with Crippen molar-refractivity contribution in [3.05, 3.63) is 23.9 Å². The Morgan fingerprint density at radius 2 is 2.08 bits per heavy atom. The number of aromatic nitrogens is 1. The van der Waals surface area contributed by atoms with Gasteiger partial charge in [0.15, 0.2) is 0 Å². The summed E-state index contributed by atoms with van der Waals surface area (Å²) in [5, 5.41) is 0. The zero-order valence-electron chi connectivity index (χ0n) is 14.4. The Bertz CT molecular complexity index is 636. The van der Waals surface area contributed by atoms with Crippen molar-refractivity contribution < 1.29 is 14.3 Å². The molecule has 7 heteroatoms. The van der Waals surface area contributed by atoms with Crippen LogP contribution in [0.1, 0.15) is 12.1 Å². The Morgan fingerprint density at radius 3 is 2.83 bits per heavy atom. The molecule has 0 saturated carbocycles. The van der Waals surface area contributed by atoms with E-state index in [1.165, 1.54) is 0 Å². The highest BCUT2D eigenvalue weighted by Gasteiger charge is 2.42. The summed E-state index contributed by atoms with van der Waals surface area (Å²) in [6.07, 6.45) is 0.759. The van der Waals surface area contributed by atoms with Crippen molar-refractivity contribution in [3.63, 3.8) is 0 Å². The number of ether oxygens (including phenoxy) is 1. The van der Waals surface area contributed by atoms with E-state index in [1.54, 1.807) is 31.0 Å². The summed E-state index contributed by atoms with van der Waals surface area (Å²) in [6.45, 7) is 2.36. The monoisotopic (exact) mass is 332 g/mol. The normalized spacial score (nSPS) is 25.5. The Morgan fingerprint density at radius 1 is 1.29 bits per heavy atom. The van der Waals surface area contributed by atoms with Crippen LogP contribution >= 0.6 is 0 Å². The van der Waals surface area contributed by atoms with Gasteiger partial charge in [0.1, 0.15) is 0 Å². The van der Waals surface area contributed by atoms with Crippen molar-refractivity contribution in [2.75, 3.05) is 40.8 Å². The molecular formula is C17H24N4O3. The minimum atomic E-state index is -0.110. The second-order valence-electron chi connectivity index (χ2n) is 6.57. The van der Waals surface area contributed by atoms with E-state index in [4.69, 9.17) is 4.74 Å². The SMILES string of the molecule is COc1cccc(CN2CC[C@@H]3C(=O)N(C)CC(=O)N(C)[C@@H]3C2)n1. The molecule has 7 nitrogen and oxygen atoms in total. The second-order valence-corrected chi connectivity index (χ2v) is 6.57. The van der Waals surface area contributed by atoms with Gasteiger partial charge in [-0.1, -0.05) is 6.07 Å². The lowest BCUT2D eigenvalue weighted by Gasteiger charge is -2.40. The first-order chi connectivity index (χ1) is 11.5. The molecule has 0 unspecified atom stereocenters. The third kappa shape index (κ3) is 3.21. The van der Waals surface area contributed by atoms with Crippen molar-refractivity contribution in [1.29, 1.82) is 0 Å². The molecule has 2 fully saturated rings. The molecule has 2 amide bonds. The zero-order chi connectivity index (χ0) is 17.3. The molecule has 1 aromatic rings. The van der Waals surface area contributed by atoms with Crippen molar-refractivity contribution in [2.24, 2.45) is 5.92 Å². The summed E-state index contributed by atoms with van der Waals surface area (Å²) >= 11 is 0. The van der Waals surface area contributed by atoms with Gasteiger partial charge < -0.3 is 14.5 Å². The molecule has 130 valence electrons. The van der Waals surface area contributed by atoms with E-state index in [0.717, 1.165) is 18.7 Å². The maximum atomic E-state index is 12.5. The first-order valence-corrected chi connectivity index (χ1v) is 8.22. The van der Waals surface area contributed by atoms with Gasteiger partial charge in [-0.2, -0.15) is 0 Å². The fourth-order valence-electron chi connectivity index (χ4n) is 3.57. The highest BCUT2D eigenvalue weighted by atomic mass is 16.5. The summed E-state index contributed by atoms with van der Waals surface area (Å²) in [4.78, 5) is 34.8. The van der Waals surface area contributed by atoms with E-state index in [9.17, 15) is 9.59 Å². The molecule has 0 N–H and O–H groups in total. The van der Waals surface area contributed by atoms with Gasteiger partial charge >= 0.3 is 0 Å². The van der Waals surface area contributed by atoms with Gasteiger partial charge in [-0.05, 0) is 19.0 Å². The molecule has 3 heterocycles. The van der Waals surface area contributed by atoms with E-state index in [-0.39, 0.29) is 30.3 Å². The summed E-state index contributed by atoms with van der Waals surface area (Å²) < 4.78 is 5.17. The Balaban J connectivity index is 1.74. The van der Waals surface area contributed by atoms with Gasteiger partial charge in [0.25, 0.3) is 0 Å². The summed E-state index contributed by atoms with van der Waals surface area (Å²) in [5.74, 6) is 0.568. The number of fused-ring (bicyclic) bond motifs is 1. The van der Waals surface area contributed by atoms with Gasteiger partial charge in [0, 0.05) is 33.3 Å². The molecule has 0 aromatic carbocycles. The quantitative estimate of drug-likeness (QED) is 0.792. The number of piperidine rings is 1. The minimum absolute atomic E-state index is 0.000273. The molecule has 0 bridgehead atoms. The Hall–Kier alpha value is -2.15. The molecule has 0 radical (unpaired) electrons. The predicted octanol–water partition coefficient (Wildman–Crippen LogP) is 0.211. The van der Waals surface area contributed by atoms with Crippen LogP contribution in [-0.4, -0.2) is 78.4 Å². The van der Waals surface area contributed by atoms with Crippen LogP contribution in [0.5, 0.6) is 5.88 Å². The topological polar surface area (TPSA) is 66.0 Å². The maximum Gasteiger partial charge on any atom is 0.242 e. The van der Waals surface area contributed by atoms with Crippen LogP contribution in [0.2, 0.25) is 0 Å². The fraction of sp³-hybridized carbons (Fsp3) is 0.588. The standard InChI is InChI=1S/C17H24N4O3/c1-19-11-16(22)20(2)14-10-21(8-7-13(14)17(19)23)9-12-5-4-6-15(18-12)24-3/h4-6,13-14H,7-11H2,1-3H3/t13-,14+/m0/s1. The first kappa shape index (κ1) is 16.7. The molecule has 2 saturated heterocycles. The summed E-state index contributed by atoms with van der Waals surface area (Å²) in [5.41, 5.74) is 0.929. The molecule has 24 heavy (non-hydrogen) atoms. The summed E-state index contributed by atoms with van der Waals surface area (Å²) in [6, 6.07) is 5.64. The smallest absolute Gasteiger partial charge is 0.242 e. The van der Waals surface area contributed by atoms with Crippen LogP contribution in [0.25, 0.3) is 0 Å². The van der Waals surface area contributed by atoms with Crippen molar-refractivity contribution >= 4 is 11.8 Å². The average molecular weight is 332 g/mol. The molecular weight excluding hydrogens is 308 g/mol. The summed E-state index contributed by atoms with van der Waals surface area (Å²) in [7, 11) is 5.12. The van der Waals surface area contributed by atoms with Crippen LogP contribution in [0, 0.1) is 5.92 Å². The number of likely N-dealkylation sites (tertiary alicyclic amines) is 1. The number of hydrogen-bond donors (Lipinski definition) is 0. The molecule has 2 atom stereocenters. The second kappa shape index (κ2) is 6.76. The number of likely N-dealkylation sites (N-methyl/N-ethyl adjacent to an activating group) is 2. The maximum absolute atomic E-state index is 12.5. The third-order valence-corrected chi connectivity index (χ3v) is 5.00. The van der Waals surface area contributed by atoms with Crippen LogP contribution in [0.3, 0.4) is 0 Å². The van der Waals surface area contributed by atoms with Gasteiger partial charge in [0.05, 0.1) is 31.3 Å². The van der Waals surface area contributed by atoms with Crippen molar-refractivity contribution in [2.45, 2.75) is 19.0 Å². The van der Waals surface area contributed by atoms with Crippen LogP contribution in [-0.2, 0) is 16.1 Å². The largest absolute Gasteiger partial charge is 0.481 e. The van der Waals surface area contributed by atoms with Crippen molar-refractivity contribution in [3.8, 4) is 5.88 Å². The molecule has 2 aliphatic heterocycles. The fourth-order valence-corrected chi connectivity index (χ4v) is 3.57. The number of nitrogens with zero attached hydrogens (tertiary/aromatic N) is 4. The molecule has 3 rings (SSSR count). The van der Waals surface area contributed by atoms with E-state index in [1.807, 2.05) is 18.2 Å². The lowest BCUT2D eigenvalue weighted by molar-refractivity contribution is -0.136.